The third-order valence-corrected chi connectivity index (χ3v) is 6.89. The van der Waals surface area contributed by atoms with Gasteiger partial charge < -0.3 is 10.6 Å². The zero-order valence-corrected chi connectivity index (χ0v) is 19.8. The van der Waals surface area contributed by atoms with Crippen LogP contribution in [0.4, 0.5) is 5.69 Å². The number of para-hydroxylation sites is 1. The Bertz CT molecular complexity index is 1080. The number of carbonyl (C=O) groups excluding carboxylic acids is 3. The molecule has 0 saturated heterocycles. The summed E-state index contributed by atoms with van der Waals surface area (Å²) in [5, 5.41) is 7.72. The van der Waals surface area contributed by atoms with Crippen molar-refractivity contribution in [2.24, 2.45) is 0 Å². The third kappa shape index (κ3) is 5.91. The molecule has 1 saturated carbocycles. The Morgan fingerprint density at radius 1 is 0.882 bits per heavy atom. The summed E-state index contributed by atoms with van der Waals surface area (Å²) in [6, 6.07) is 21.2. The van der Waals surface area contributed by atoms with Crippen LogP contribution in [0.1, 0.15) is 53.4 Å². The van der Waals surface area contributed by atoms with Crippen LogP contribution < -0.4 is 15.5 Å². The number of rotatable bonds is 8. The Morgan fingerprint density at radius 2 is 1.56 bits per heavy atom. The number of amides is 3. The fourth-order valence-corrected chi connectivity index (χ4v) is 4.98. The molecule has 0 spiro atoms. The molecule has 1 heterocycles. The first kappa shape index (κ1) is 23.7. The topological polar surface area (TPSA) is 78.5 Å². The summed E-state index contributed by atoms with van der Waals surface area (Å²) in [6.07, 6.45) is 5.27. The van der Waals surface area contributed by atoms with Crippen molar-refractivity contribution in [1.82, 2.24) is 10.6 Å². The van der Waals surface area contributed by atoms with Gasteiger partial charge in [0.1, 0.15) is 6.04 Å². The first-order chi connectivity index (χ1) is 16.6. The van der Waals surface area contributed by atoms with Crippen molar-refractivity contribution in [3.63, 3.8) is 0 Å². The minimum atomic E-state index is -0.850. The summed E-state index contributed by atoms with van der Waals surface area (Å²) in [7, 11) is 0. The molecule has 0 aliphatic heterocycles. The Kier molecular flexibility index (Phi) is 8.09. The second kappa shape index (κ2) is 11.6. The van der Waals surface area contributed by atoms with Gasteiger partial charge in [0.15, 0.2) is 0 Å². The van der Waals surface area contributed by atoms with Crippen LogP contribution in [0.2, 0.25) is 0 Å². The smallest absolute Gasteiger partial charge is 0.261 e. The van der Waals surface area contributed by atoms with Gasteiger partial charge in [-0.05, 0) is 42.0 Å². The maximum atomic E-state index is 13.7. The zero-order valence-electron chi connectivity index (χ0n) is 19.0. The average molecular weight is 476 g/mol. The quantitative estimate of drug-likeness (QED) is 0.496. The van der Waals surface area contributed by atoms with E-state index in [0.717, 1.165) is 31.2 Å². The molecule has 34 heavy (non-hydrogen) atoms. The number of nitrogens with one attached hydrogen (secondary N) is 2. The van der Waals surface area contributed by atoms with Gasteiger partial charge in [0.05, 0.1) is 11.4 Å². The maximum absolute atomic E-state index is 13.7. The third-order valence-electron chi connectivity index (χ3n) is 6.02. The minimum absolute atomic E-state index is 0.110. The largest absolute Gasteiger partial charge is 0.351 e. The second-order valence-electron chi connectivity index (χ2n) is 8.42. The van der Waals surface area contributed by atoms with Crippen LogP contribution >= 0.6 is 11.3 Å². The van der Waals surface area contributed by atoms with Crippen LogP contribution in [-0.4, -0.2) is 30.3 Å². The summed E-state index contributed by atoms with van der Waals surface area (Å²) in [5.74, 6) is -0.872. The molecular weight excluding hydrogens is 446 g/mol. The predicted octanol–water partition coefficient (Wildman–Crippen LogP) is 4.70. The highest BCUT2D eigenvalue weighted by molar-refractivity contribution is 7.12. The van der Waals surface area contributed by atoms with Crippen molar-refractivity contribution in [2.45, 2.75) is 44.2 Å². The standard InChI is InChI=1S/C27H29N3O3S/c31-24(19-28-26(32)23-17-10-18-34-23)30(22-15-8-3-9-16-22)25(20-11-4-1-5-12-20)27(33)29-21-13-6-2-7-14-21/h1,3-5,8-12,15-18,21,25H,2,6-7,13-14,19H2,(H,28,32)(H,29,33). The van der Waals surface area contributed by atoms with E-state index in [1.807, 2.05) is 66.0 Å². The molecule has 2 aromatic carbocycles. The number of carbonyl (C=O) groups is 3. The molecule has 1 aromatic heterocycles. The highest BCUT2D eigenvalue weighted by atomic mass is 32.1. The minimum Gasteiger partial charge on any atom is -0.351 e. The average Bonchev–Trinajstić information content (AvgIpc) is 3.42. The summed E-state index contributed by atoms with van der Waals surface area (Å²) >= 11 is 1.31. The van der Waals surface area contributed by atoms with Crippen LogP contribution in [0, 0.1) is 0 Å². The lowest BCUT2D eigenvalue weighted by Crippen LogP contribution is -2.49. The summed E-state index contributed by atoms with van der Waals surface area (Å²) < 4.78 is 0. The first-order valence-electron chi connectivity index (χ1n) is 11.7. The van der Waals surface area contributed by atoms with Crippen LogP contribution in [0.3, 0.4) is 0 Å². The molecule has 3 amide bonds. The molecule has 176 valence electrons. The highest BCUT2D eigenvalue weighted by Gasteiger charge is 2.34. The number of benzene rings is 2. The second-order valence-corrected chi connectivity index (χ2v) is 9.36. The van der Waals surface area contributed by atoms with Gasteiger partial charge >= 0.3 is 0 Å². The summed E-state index contributed by atoms with van der Waals surface area (Å²) in [6.45, 7) is -0.217. The molecule has 7 heteroatoms. The van der Waals surface area contributed by atoms with Gasteiger partial charge in [0, 0.05) is 11.7 Å². The number of anilines is 1. The Labute approximate surface area is 204 Å². The predicted molar refractivity (Wildman–Crippen MR) is 135 cm³/mol. The highest BCUT2D eigenvalue weighted by Crippen LogP contribution is 2.29. The number of thiophene rings is 1. The van der Waals surface area contributed by atoms with E-state index >= 15 is 0 Å². The number of nitrogens with zero attached hydrogens (tertiary/aromatic N) is 1. The molecule has 1 unspecified atom stereocenters. The Balaban J connectivity index is 1.63. The van der Waals surface area contributed by atoms with Gasteiger partial charge in [0.25, 0.3) is 5.91 Å². The van der Waals surface area contributed by atoms with E-state index in [9.17, 15) is 14.4 Å². The molecule has 3 aromatic rings. The van der Waals surface area contributed by atoms with Crippen LogP contribution in [-0.2, 0) is 9.59 Å². The summed E-state index contributed by atoms with van der Waals surface area (Å²) in [4.78, 5) is 41.7. The van der Waals surface area contributed by atoms with Gasteiger partial charge in [-0.2, -0.15) is 0 Å². The van der Waals surface area contributed by atoms with Gasteiger partial charge in [-0.25, -0.2) is 0 Å². The zero-order chi connectivity index (χ0) is 23.8. The van der Waals surface area contributed by atoms with E-state index in [2.05, 4.69) is 10.6 Å². The molecule has 1 aliphatic rings. The molecule has 1 atom stereocenters. The van der Waals surface area contributed by atoms with Crippen molar-refractivity contribution < 1.29 is 14.4 Å². The van der Waals surface area contributed by atoms with Gasteiger partial charge in [0.2, 0.25) is 11.8 Å². The number of hydrogen-bond acceptors (Lipinski definition) is 4. The normalized spacial score (nSPS) is 14.7. The molecule has 1 aliphatic carbocycles. The molecular formula is C27H29N3O3S. The lowest BCUT2D eigenvalue weighted by molar-refractivity contribution is -0.127. The molecule has 1 fully saturated rings. The van der Waals surface area contributed by atoms with Crippen molar-refractivity contribution in [2.75, 3.05) is 11.4 Å². The van der Waals surface area contributed by atoms with E-state index in [4.69, 9.17) is 0 Å². The maximum Gasteiger partial charge on any atom is 0.261 e. The van der Waals surface area contributed by atoms with E-state index in [1.165, 1.54) is 22.7 Å². The lowest BCUT2D eigenvalue weighted by Gasteiger charge is -2.33. The fourth-order valence-electron chi connectivity index (χ4n) is 4.34. The van der Waals surface area contributed by atoms with Gasteiger partial charge in [-0.3, -0.25) is 19.3 Å². The van der Waals surface area contributed by atoms with Crippen LogP contribution in [0.5, 0.6) is 0 Å². The lowest BCUT2D eigenvalue weighted by atomic mass is 9.94. The Hall–Kier alpha value is -3.45. The van der Waals surface area contributed by atoms with Crippen molar-refractivity contribution in [3.8, 4) is 0 Å². The van der Waals surface area contributed by atoms with Gasteiger partial charge in [-0.15, -0.1) is 11.3 Å². The van der Waals surface area contributed by atoms with Crippen LogP contribution in [0.25, 0.3) is 0 Å². The Morgan fingerprint density at radius 3 is 2.21 bits per heavy atom. The van der Waals surface area contributed by atoms with Crippen molar-refractivity contribution >= 4 is 34.7 Å². The fraction of sp³-hybridized carbons (Fsp3) is 0.296. The van der Waals surface area contributed by atoms with E-state index < -0.39 is 6.04 Å². The molecule has 0 bridgehead atoms. The van der Waals surface area contributed by atoms with E-state index in [-0.39, 0.29) is 30.3 Å². The SMILES string of the molecule is O=C(NCC(=O)N(c1ccccc1)C(C(=O)NC1CCCCC1)c1ccccc1)c1cccs1. The number of hydrogen-bond donors (Lipinski definition) is 2. The van der Waals surface area contributed by atoms with Crippen molar-refractivity contribution in [3.05, 3.63) is 88.6 Å². The molecule has 0 radical (unpaired) electrons. The van der Waals surface area contributed by atoms with Crippen LogP contribution in [0.15, 0.2) is 78.2 Å². The van der Waals surface area contributed by atoms with E-state index in [0.29, 0.717) is 10.6 Å². The monoisotopic (exact) mass is 475 g/mol. The molecule has 6 nitrogen and oxygen atoms in total. The molecule has 4 rings (SSSR count). The van der Waals surface area contributed by atoms with E-state index in [1.54, 1.807) is 12.1 Å². The van der Waals surface area contributed by atoms with Gasteiger partial charge in [-0.1, -0.05) is 73.9 Å². The molecule has 2 N–H and O–H groups in total. The summed E-state index contributed by atoms with van der Waals surface area (Å²) in [5.41, 5.74) is 1.32. The van der Waals surface area contributed by atoms with Crippen molar-refractivity contribution in [1.29, 1.82) is 0 Å². The first-order valence-corrected chi connectivity index (χ1v) is 12.6.